The smallest absolute Gasteiger partial charge is 0.435 e. The minimum atomic E-state index is -4.49. The lowest BCUT2D eigenvalue weighted by molar-refractivity contribution is -0.141. The van der Waals surface area contributed by atoms with Crippen molar-refractivity contribution in [2.45, 2.75) is 19.7 Å². The molecule has 4 nitrogen and oxygen atoms in total. The van der Waals surface area contributed by atoms with Crippen molar-refractivity contribution in [1.82, 2.24) is 9.78 Å². The summed E-state index contributed by atoms with van der Waals surface area (Å²) in [5.74, 6) is 1.36. The van der Waals surface area contributed by atoms with E-state index in [0.29, 0.717) is 22.8 Å². The molecule has 27 heavy (non-hydrogen) atoms. The molecule has 7 heteroatoms. The van der Waals surface area contributed by atoms with E-state index in [0.717, 1.165) is 17.2 Å². The van der Waals surface area contributed by atoms with E-state index in [4.69, 9.17) is 9.47 Å². The van der Waals surface area contributed by atoms with Gasteiger partial charge in [0.25, 0.3) is 0 Å². The highest BCUT2D eigenvalue weighted by atomic mass is 19.4. The summed E-state index contributed by atoms with van der Waals surface area (Å²) in [6, 6.07) is 13.7. The topological polar surface area (TPSA) is 36.3 Å². The van der Waals surface area contributed by atoms with Crippen LogP contribution in [0.5, 0.6) is 11.5 Å². The molecule has 1 heterocycles. The highest BCUT2D eigenvalue weighted by Gasteiger charge is 2.34. The number of aryl methyl sites for hydroxylation is 2. The zero-order valence-corrected chi connectivity index (χ0v) is 15.2. The monoisotopic (exact) mass is 376 g/mol. The minimum Gasteiger partial charge on any atom is -0.497 e. The number of benzene rings is 2. The largest absolute Gasteiger partial charge is 0.497 e. The van der Waals surface area contributed by atoms with Crippen LogP contribution in [0.2, 0.25) is 0 Å². The van der Waals surface area contributed by atoms with Crippen LogP contribution in [-0.4, -0.2) is 16.9 Å². The fourth-order valence-electron chi connectivity index (χ4n) is 2.78. The number of aromatic nitrogens is 2. The van der Waals surface area contributed by atoms with Crippen molar-refractivity contribution in [3.8, 4) is 22.8 Å². The fourth-order valence-corrected chi connectivity index (χ4v) is 2.78. The van der Waals surface area contributed by atoms with E-state index in [9.17, 15) is 13.2 Å². The van der Waals surface area contributed by atoms with Crippen molar-refractivity contribution in [1.29, 1.82) is 0 Å². The van der Waals surface area contributed by atoms with Crippen LogP contribution in [0.25, 0.3) is 11.3 Å². The van der Waals surface area contributed by atoms with Crippen molar-refractivity contribution in [3.05, 3.63) is 65.4 Å². The Balaban J connectivity index is 1.90. The summed E-state index contributed by atoms with van der Waals surface area (Å²) >= 11 is 0. The van der Waals surface area contributed by atoms with E-state index >= 15 is 0 Å². The molecule has 3 rings (SSSR count). The fraction of sp³-hybridized carbons (Fsp3) is 0.250. The summed E-state index contributed by atoms with van der Waals surface area (Å²) < 4.78 is 51.1. The third kappa shape index (κ3) is 4.24. The third-order valence-electron chi connectivity index (χ3n) is 4.16. The van der Waals surface area contributed by atoms with Crippen LogP contribution < -0.4 is 9.47 Å². The average Bonchev–Trinajstić information content (AvgIpc) is 3.02. The van der Waals surface area contributed by atoms with Crippen LogP contribution in [0, 0.1) is 6.92 Å². The van der Waals surface area contributed by atoms with Gasteiger partial charge in [0.1, 0.15) is 18.1 Å². The van der Waals surface area contributed by atoms with E-state index in [1.165, 1.54) is 11.7 Å². The Bertz CT molecular complexity index is 931. The summed E-state index contributed by atoms with van der Waals surface area (Å²) in [5.41, 5.74) is 1.89. The Labute approximate surface area is 155 Å². The van der Waals surface area contributed by atoms with Gasteiger partial charge in [-0.1, -0.05) is 23.8 Å². The predicted octanol–water partition coefficient (Wildman–Crippen LogP) is 5.00. The maximum Gasteiger partial charge on any atom is 0.435 e. The van der Waals surface area contributed by atoms with Crippen LogP contribution in [0.1, 0.15) is 16.8 Å². The summed E-state index contributed by atoms with van der Waals surface area (Å²) in [4.78, 5) is 0. The molecule has 0 N–H and O–H groups in total. The van der Waals surface area contributed by atoms with Gasteiger partial charge in [-0.2, -0.15) is 18.3 Å². The molecule has 0 fully saturated rings. The van der Waals surface area contributed by atoms with Crippen molar-refractivity contribution in [2.24, 2.45) is 7.05 Å². The Hall–Kier alpha value is -2.96. The van der Waals surface area contributed by atoms with Crippen molar-refractivity contribution < 1.29 is 22.6 Å². The summed E-state index contributed by atoms with van der Waals surface area (Å²) in [7, 11) is 3.08. The maximum absolute atomic E-state index is 13.0. The third-order valence-corrected chi connectivity index (χ3v) is 4.16. The molecule has 142 valence electrons. The Morgan fingerprint density at radius 1 is 1.00 bits per heavy atom. The maximum atomic E-state index is 13.0. The molecular weight excluding hydrogens is 357 g/mol. The number of alkyl halides is 3. The number of rotatable bonds is 5. The molecule has 0 unspecified atom stereocenters. The normalized spacial score (nSPS) is 11.5. The first-order valence-electron chi connectivity index (χ1n) is 8.26. The first-order chi connectivity index (χ1) is 12.8. The highest BCUT2D eigenvalue weighted by Crippen LogP contribution is 2.33. The van der Waals surface area contributed by atoms with E-state index in [-0.39, 0.29) is 6.61 Å². The van der Waals surface area contributed by atoms with Gasteiger partial charge in [0, 0.05) is 12.6 Å². The van der Waals surface area contributed by atoms with Crippen LogP contribution >= 0.6 is 0 Å². The van der Waals surface area contributed by atoms with Gasteiger partial charge in [-0.15, -0.1) is 0 Å². The van der Waals surface area contributed by atoms with Crippen LogP contribution in [0.3, 0.4) is 0 Å². The van der Waals surface area contributed by atoms with E-state index in [1.807, 2.05) is 19.1 Å². The summed E-state index contributed by atoms with van der Waals surface area (Å²) in [5, 5.41) is 3.60. The quantitative estimate of drug-likeness (QED) is 0.629. The molecule has 1 aromatic heterocycles. The first kappa shape index (κ1) is 18.8. The Morgan fingerprint density at radius 2 is 1.67 bits per heavy atom. The molecule has 0 aliphatic rings. The zero-order valence-electron chi connectivity index (χ0n) is 15.2. The number of halogens is 3. The van der Waals surface area contributed by atoms with Crippen LogP contribution in [0.4, 0.5) is 13.2 Å². The molecule has 0 amide bonds. The van der Waals surface area contributed by atoms with Gasteiger partial charge in [0.05, 0.1) is 12.8 Å². The molecule has 0 bridgehead atoms. The average molecular weight is 376 g/mol. The van der Waals surface area contributed by atoms with Crippen molar-refractivity contribution in [3.63, 3.8) is 0 Å². The lowest BCUT2D eigenvalue weighted by atomic mass is 10.0. The van der Waals surface area contributed by atoms with Crippen LogP contribution in [-0.2, 0) is 19.8 Å². The minimum absolute atomic E-state index is 0.218. The second kappa shape index (κ2) is 7.34. The van der Waals surface area contributed by atoms with Crippen molar-refractivity contribution in [2.75, 3.05) is 7.11 Å². The Morgan fingerprint density at radius 3 is 2.26 bits per heavy atom. The molecule has 0 radical (unpaired) electrons. The second-order valence-corrected chi connectivity index (χ2v) is 6.16. The zero-order chi connectivity index (χ0) is 19.6. The first-order valence-corrected chi connectivity index (χ1v) is 8.26. The number of hydrogen-bond acceptors (Lipinski definition) is 3. The molecule has 0 saturated carbocycles. The van der Waals surface area contributed by atoms with Gasteiger partial charge < -0.3 is 9.47 Å². The second-order valence-electron chi connectivity index (χ2n) is 6.16. The van der Waals surface area contributed by atoms with Gasteiger partial charge >= 0.3 is 6.18 Å². The van der Waals surface area contributed by atoms with Gasteiger partial charge in [-0.05, 0) is 42.8 Å². The highest BCUT2D eigenvalue weighted by molar-refractivity contribution is 5.65. The molecule has 0 aliphatic carbocycles. The summed E-state index contributed by atoms with van der Waals surface area (Å²) in [6.45, 7) is 2.14. The van der Waals surface area contributed by atoms with E-state index in [2.05, 4.69) is 5.10 Å². The van der Waals surface area contributed by atoms with Crippen molar-refractivity contribution >= 4 is 0 Å². The lowest BCUT2D eigenvalue weighted by Gasteiger charge is -2.13. The Kier molecular flexibility index (Phi) is 5.12. The number of ether oxygens (including phenoxy) is 2. The SMILES string of the molecule is COc1ccc(OCc2cc(C)ccc2-c2cc(C(F)(F)F)nn2C)cc1. The lowest BCUT2D eigenvalue weighted by Crippen LogP contribution is -2.06. The van der Waals surface area contributed by atoms with Crippen LogP contribution in [0.15, 0.2) is 48.5 Å². The number of hydrogen-bond donors (Lipinski definition) is 0. The molecule has 0 spiro atoms. The van der Waals surface area contributed by atoms with E-state index < -0.39 is 11.9 Å². The van der Waals surface area contributed by atoms with Gasteiger partial charge in [-0.3, -0.25) is 4.68 Å². The predicted molar refractivity (Wildman–Crippen MR) is 95.7 cm³/mol. The molecule has 3 aromatic rings. The number of nitrogens with zero attached hydrogens (tertiary/aromatic N) is 2. The molecule has 0 aliphatic heterocycles. The summed E-state index contributed by atoms with van der Waals surface area (Å²) in [6.07, 6.45) is -4.49. The van der Waals surface area contributed by atoms with Gasteiger partial charge in [-0.25, -0.2) is 0 Å². The molecule has 2 aromatic carbocycles. The molecular formula is C20H19F3N2O2. The van der Waals surface area contributed by atoms with Gasteiger partial charge in [0.2, 0.25) is 0 Å². The van der Waals surface area contributed by atoms with E-state index in [1.54, 1.807) is 37.4 Å². The number of methoxy groups -OCH3 is 1. The standard InChI is InChI=1S/C20H19F3N2O2/c1-13-4-9-17(18-11-19(20(21,22)23)24-25(18)2)14(10-13)12-27-16-7-5-15(26-3)6-8-16/h4-11H,12H2,1-3H3. The molecule has 0 saturated heterocycles. The van der Waals surface area contributed by atoms with Gasteiger partial charge in [0.15, 0.2) is 5.69 Å². The molecule has 0 atom stereocenters.